The number of carbonyl (C=O) groups excluding carboxylic acids is 1. The predicted molar refractivity (Wildman–Crippen MR) is 79.2 cm³/mol. The standard InChI is InChI=1S/C16H27NO3/c1-16(2,3)20-15(19)17(4)12-14-9-7-13(8-10-14)6-5-11-18/h13-14,18H,7-12H2,1-4H3/t13-,14-. The van der Waals surface area contributed by atoms with Crippen molar-refractivity contribution in [2.75, 3.05) is 20.2 Å². The highest BCUT2D eigenvalue weighted by Gasteiger charge is 2.25. The number of aliphatic hydroxyl groups is 1. The van der Waals surface area contributed by atoms with Crippen LogP contribution in [0, 0.1) is 23.7 Å². The molecule has 1 amide bonds. The molecule has 1 aliphatic carbocycles. The molecule has 0 heterocycles. The summed E-state index contributed by atoms with van der Waals surface area (Å²) in [7, 11) is 1.80. The predicted octanol–water partition coefficient (Wildman–Crippen LogP) is 2.66. The second kappa shape index (κ2) is 7.54. The molecule has 4 nitrogen and oxygen atoms in total. The normalized spacial score (nSPS) is 22.6. The Morgan fingerprint density at radius 3 is 2.40 bits per heavy atom. The van der Waals surface area contributed by atoms with Gasteiger partial charge in [-0.2, -0.15) is 0 Å². The summed E-state index contributed by atoms with van der Waals surface area (Å²) in [6.45, 7) is 6.33. The number of hydrogen-bond acceptors (Lipinski definition) is 3. The van der Waals surface area contributed by atoms with Crippen molar-refractivity contribution in [1.82, 2.24) is 4.90 Å². The fraction of sp³-hybridized carbons (Fsp3) is 0.812. The molecule has 1 rings (SSSR count). The van der Waals surface area contributed by atoms with Crippen LogP contribution in [-0.2, 0) is 4.74 Å². The fourth-order valence-electron chi connectivity index (χ4n) is 2.48. The molecule has 4 heteroatoms. The summed E-state index contributed by atoms with van der Waals surface area (Å²) in [4.78, 5) is 13.6. The Labute approximate surface area is 122 Å². The van der Waals surface area contributed by atoms with Gasteiger partial charge in [-0.05, 0) is 52.4 Å². The van der Waals surface area contributed by atoms with Gasteiger partial charge in [0.25, 0.3) is 0 Å². The molecule has 1 saturated carbocycles. The topological polar surface area (TPSA) is 49.8 Å². The Morgan fingerprint density at radius 1 is 1.30 bits per heavy atom. The number of hydrogen-bond donors (Lipinski definition) is 1. The molecule has 20 heavy (non-hydrogen) atoms. The minimum absolute atomic E-state index is 0.0543. The molecule has 1 aliphatic rings. The largest absolute Gasteiger partial charge is 0.444 e. The lowest BCUT2D eigenvalue weighted by Crippen LogP contribution is -2.37. The Hall–Kier alpha value is -1.21. The van der Waals surface area contributed by atoms with Gasteiger partial charge in [-0.25, -0.2) is 4.79 Å². The van der Waals surface area contributed by atoms with Crippen molar-refractivity contribution in [3.05, 3.63) is 0 Å². The third-order valence-corrected chi connectivity index (χ3v) is 3.47. The van der Waals surface area contributed by atoms with Crippen molar-refractivity contribution in [2.24, 2.45) is 11.8 Å². The molecule has 0 aromatic carbocycles. The molecular weight excluding hydrogens is 254 g/mol. The molecule has 1 fully saturated rings. The van der Waals surface area contributed by atoms with Crippen molar-refractivity contribution >= 4 is 6.09 Å². The van der Waals surface area contributed by atoms with E-state index in [1.807, 2.05) is 20.8 Å². The van der Waals surface area contributed by atoms with Crippen molar-refractivity contribution in [1.29, 1.82) is 0 Å². The SMILES string of the molecule is CN(C[C@H]1CC[C@H](C#CCO)CC1)C(=O)OC(C)(C)C. The molecule has 0 spiro atoms. The highest BCUT2D eigenvalue weighted by Crippen LogP contribution is 2.29. The highest BCUT2D eigenvalue weighted by molar-refractivity contribution is 5.67. The lowest BCUT2D eigenvalue weighted by molar-refractivity contribution is 0.0260. The van der Waals surface area contributed by atoms with Gasteiger partial charge in [0.1, 0.15) is 12.2 Å². The number of amides is 1. The lowest BCUT2D eigenvalue weighted by atomic mass is 9.82. The van der Waals surface area contributed by atoms with Gasteiger partial charge < -0.3 is 14.7 Å². The van der Waals surface area contributed by atoms with Crippen LogP contribution in [0.1, 0.15) is 46.5 Å². The quantitative estimate of drug-likeness (QED) is 0.792. The summed E-state index contributed by atoms with van der Waals surface area (Å²) in [6, 6.07) is 0. The van der Waals surface area contributed by atoms with E-state index in [1.54, 1.807) is 11.9 Å². The minimum atomic E-state index is -0.442. The minimum Gasteiger partial charge on any atom is -0.444 e. The van der Waals surface area contributed by atoms with Gasteiger partial charge in [0, 0.05) is 19.5 Å². The number of ether oxygens (including phenoxy) is 1. The molecule has 0 radical (unpaired) electrons. The van der Waals surface area contributed by atoms with Gasteiger partial charge in [-0.1, -0.05) is 11.8 Å². The Morgan fingerprint density at radius 2 is 1.90 bits per heavy atom. The van der Waals surface area contributed by atoms with Crippen LogP contribution in [0.4, 0.5) is 4.79 Å². The van der Waals surface area contributed by atoms with Gasteiger partial charge in [0.05, 0.1) is 0 Å². The second-order valence-electron chi connectivity index (χ2n) is 6.56. The van der Waals surface area contributed by atoms with Crippen LogP contribution in [0.25, 0.3) is 0 Å². The zero-order chi connectivity index (χ0) is 15.2. The summed E-state index contributed by atoms with van der Waals surface area (Å²) in [6.07, 6.45) is 4.02. The molecule has 0 atom stereocenters. The number of nitrogens with zero attached hydrogens (tertiary/aromatic N) is 1. The second-order valence-corrected chi connectivity index (χ2v) is 6.56. The van der Waals surface area contributed by atoms with E-state index in [0.717, 1.165) is 32.2 Å². The Bertz CT molecular complexity index is 367. The molecule has 0 unspecified atom stereocenters. The zero-order valence-corrected chi connectivity index (χ0v) is 13.1. The number of aliphatic hydroxyl groups excluding tert-OH is 1. The maximum absolute atomic E-state index is 11.9. The first-order chi connectivity index (χ1) is 9.31. The van der Waals surface area contributed by atoms with Crippen molar-refractivity contribution < 1.29 is 14.6 Å². The zero-order valence-electron chi connectivity index (χ0n) is 13.1. The molecule has 0 aliphatic heterocycles. The van der Waals surface area contributed by atoms with Crippen LogP contribution in [0.3, 0.4) is 0 Å². The first kappa shape index (κ1) is 16.8. The van der Waals surface area contributed by atoms with Crippen molar-refractivity contribution in [3.63, 3.8) is 0 Å². The number of carbonyl (C=O) groups is 1. The molecular formula is C16H27NO3. The van der Waals surface area contributed by atoms with Crippen LogP contribution in [0.2, 0.25) is 0 Å². The molecule has 0 bridgehead atoms. The van der Waals surface area contributed by atoms with E-state index in [-0.39, 0.29) is 12.7 Å². The summed E-state index contributed by atoms with van der Waals surface area (Å²) in [5.74, 6) is 6.77. The maximum Gasteiger partial charge on any atom is 0.410 e. The monoisotopic (exact) mass is 281 g/mol. The van der Waals surface area contributed by atoms with Crippen molar-refractivity contribution in [2.45, 2.75) is 52.1 Å². The van der Waals surface area contributed by atoms with Crippen LogP contribution < -0.4 is 0 Å². The van der Waals surface area contributed by atoms with Gasteiger partial charge in [0.15, 0.2) is 0 Å². The van der Waals surface area contributed by atoms with Crippen LogP contribution in [0.5, 0.6) is 0 Å². The summed E-state index contributed by atoms with van der Waals surface area (Å²) >= 11 is 0. The van der Waals surface area contributed by atoms with Crippen LogP contribution in [-0.4, -0.2) is 41.9 Å². The fourth-order valence-corrected chi connectivity index (χ4v) is 2.48. The van der Waals surface area contributed by atoms with E-state index < -0.39 is 5.60 Å². The molecule has 0 aromatic rings. The van der Waals surface area contributed by atoms with E-state index >= 15 is 0 Å². The summed E-state index contributed by atoms with van der Waals surface area (Å²) in [5, 5.41) is 8.69. The molecule has 0 saturated heterocycles. The van der Waals surface area contributed by atoms with Crippen molar-refractivity contribution in [3.8, 4) is 11.8 Å². The van der Waals surface area contributed by atoms with Gasteiger partial charge in [-0.3, -0.25) is 0 Å². The highest BCUT2D eigenvalue weighted by atomic mass is 16.6. The van der Waals surface area contributed by atoms with Crippen LogP contribution in [0.15, 0.2) is 0 Å². The van der Waals surface area contributed by atoms with E-state index in [0.29, 0.717) is 11.8 Å². The lowest BCUT2D eigenvalue weighted by Gasteiger charge is -2.30. The van der Waals surface area contributed by atoms with Gasteiger partial charge in [-0.15, -0.1) is 0 Å². The third-order valence-electron chi connectivity index (χ3n) is 3.47. The van der Waals surface area contributed by atoms with Gasteiger partial charge >= 0.3 is 6.09 Å². The van der Waals surface area contributed by atoms with E-state index in [9.17, 15) is 4.79 Å². The van der Waals surface area contributed by atoms with E-state index in [4.69, 9.17) is 9.84 Å². The molecule has 114 valence electrons. The van der Waals surface area contributed by atoms with Gasteiger partial charge in [0.2, 0.25) is 0 Å². The third kappa shape index (κ3) is 6.29. The van der Waals surface area contributed by atoms with E-state index in [1.165, 1.54) is 0 Å². The Balaban J connectivity index is 2.34. The smallest absolute Gasteiger partial charge is 0.410 e. The number of rotatable bonds is 2. The average molecular weight is 281 g/mol. The summed E-state index contributed by atoms with van der Waals surface area (Å²) in [5.41, 5.74) is -0.442. The van der Waals surface area contributed by atoms with E-state index in [2.05, 4.69) is 11.8 Å². The summed E-state index contributed by atoms with van der Waals surface area (Å²) < 4.78 is 5.35. The Kier molecular flexibility index (Phi) is 6.35. The van der Waals surface area contributed by atoms with Crippen LogP contribution >= 0.6 is 0 Å². The first-order valence-corrected chi connectivity index (χ1v) is 7.35. The average Bonchev–Trinajstić information content (AvgIpc) is 2.36. The maximum atomic E-state index is 11.9. The first-order valence-electron chi connectivity index (χ1n) is 7.35. The molecule has 1 N–H and O–H groups in total. The molecule has 0 aromatic heterocycles.